The molecule has 0 saturated carbocycles. The van der Waals surface area contributed by atoms with Gasteiger partial charge in [0.05, 0.1) is 25.7 Å². The molecule has 0 aliphatic carbocycles. The third-order valence-electron chi connectivity index (χ3n) is 4.84. The van der Waals surface area contributed by atoms with Crippen molar-refractivity contribution in [1.82, 2.24) is 14.5 Å². The summed E-state index contributed by atoms with van der Waals surface area (Å²) < 4.78 is 13.1. The molecule has 0 spiro atoms. The highest BCUT2D eigenvalue weighted by molar-refractivity contribution is 7.99. The lowest BCUT2D eigenvalue weighted by molar-refractivity contribution is -0.113. The Bertz CT molecular complexity index is 1510. The van der Waals surface area contributed by atoms with Crippen LogP contribution in [-0.4, -0.2) is 40.4 Å². The van der Waals surface area contributed by atoms with Gasteiger partial charge in [0.2, 0.25) is 5.91 Å². The molecule has 2 N–H and O–H groups in total. The third-order valence-corrected chi connectivity index (χ3v) is 7.50. The average molecular weight is 535 g/mol. The molecule has 4 rings (SSSR count). The summed E-state index contributed by atoms with van der Waals surface area (Å²) >= 11 is 13.9. The van der Waals surface area contributed by atoms with Crippen molar-refractivity contribution in [3.63, 3.8) is 0 Å². The lowest BCUT2D eigenvalue weighted by Crippen LogP contribution is -2.16. The van der Waals surface area contributed by atoms with Gasteiger partial charge < -0.3 is 19.8 Å². The number of ether oxygens (including phenoxy) is 2. The summed E-state index contributed by atoms with van der Waals surface area (Å²) in [5.41, 5.74) is 2.27. The van der Waals surface area contributed by atoms with E-state index in [-0.39, 0.29) is 17.2 Å². The number of carbonyl (C=O) groups excluding carboxylic acids is 1. The summed E-state index contributed by atoms with van der Waals surface area (Å²) in [7, 11) is 3.06. The Morgan fingerprint density at radius 1 is 1.26 bits per heavy atom. The molecule has 1 amide bonds. The second-order valence-electron chi connectivity index (χ2n) is 7.06. The van der Waals surface area contributed by atoms with E-state index in [1.165, 1.54) is 18.4 Å². The Balaban J connectivity index is 1.58. The summed E-state index contributed by atoms with van der Waals surface area (Å²) in [5, 5.41) is 3.74. The van der Waals surface area contributed by atoms with Gasteiger partial charge in [-0.3, -0.25) is 14.2 Å². The summed E-state index contributed by atoms with van der Waals surface area (Å²) in [6.45, 7) is 1.89. The maximum Gasteiger partial charge on any atom is 0.271 e. The topological polar surface area (TPSA) is 98.2 Å². The van der Waals surface area contributed by atoms with Crippen molar-refractivity contribution in [2.45, 2.75) is 12.1 Å². The van der Waals surface area contributed by atoms with Gasteiger partial charge in [0.1, 0.15) is 16.2 Å². The van der Waals surface area contributed by atoms with Crippen LogP contribution in [0.15, 0.2) is 46.3 Å². The first kappa shape index (κ1) is 24.3. The van der Waals surface area contributed by atoms with E-state index in [1.807, 2.05) is 19.1 Å². The van der Waals surface area contributed by atoms with E-state index in [1.54, 1.807) is 35.9 Å². The molecule has 0 saturated heterocycles. The SMILES string of the molecule is COc1ccc(NC(=O)CSc2nc3c(sc(=S)n3-c3ccc(Cl)c(C)c3)c(=O)[nH]2)c(OC)c1. The number of carbonyl (C=O) groups is 1. The molecular weight excluding hydrogens is 516 g/mol. The largest absolute Gasteiger partial charge is 0.497 e. The lowest BCUT2D eigenvalue weighted by atomic mass is 10.2. The third kappa shape index (κ3) is 4.97. The van der Waals surface area contributed by atoms with Crippen LogP contribution < -0.4 is 20.3 Å². The van der Waals surface area contributed by atoms with Gasteiger partial charge >= 0.3 is 0 Å². The highest BCUT2D eigenvalue weighted by Crippen LogP contribution is 2.30. The molecule has 2 heterocycles. The minimum atomic E-state index is -0.315. The van der Waals surface area contributed by atoms with Gasteiger partial charge in [-0.25, -0.2) is 4.98 Å². The number of H-pyrrole nitrogens is 1. The maximum absolute atomic E-state index is 12.7. The Morgan fingerprint density at radius 3 is 2.76 bits per heavy atom. The van der Waals surface area contributed by atoms with E-state index in [2.05, 4.69) is 15.3 Å². The summed E-state index contributed by atoms with van der Waals surface area (Å²) in [6.07, 6.45) is 0. The van der Waals surface area contributed by atoms with Crippen LogP contribution in [0.4, 0.5) is 5.69 Å². The molecule has 0 radical (unpaired) electrons. The maximum atomic E-state index is 12.7. The van der Waals surface area contributed by atoms with E-state index in [0.717, 1.165) is 23.0 Å². The van der Waals surface area contributed by atoms with Crippen LogP contribution in [0.1, 0.15) is 5.56 Å². The van der Waals surface area contributed by atoms with Crippen LogP contribution in [0, 0.1) is 10.9 Å². The van der Waals surface area contributed by atoms with E-state index < -0.39 is 0 Å². The normalized spacial score (nSPS) is 10.9. The predicted molar refractivity (Wildman–Crippen MR) is 139 cm³/mol. The summed E-state index contributed by atoms with van der Waals surface area (Å²) in [6, 6.07) is 10.6. The number of thiazole rings is 1. The molecule has 0 fully saturated rings. The van der Waals surface area contributed by atoms with Crippen molar-refractivity contribution < 1.29 is 14.3 Å². The van der Waals surface area contributed by atoms with Gasteiger partial charge in [-0.15, -0.1) is 0 Å². The Labute approximate surface area is 212 Å². The first-order valence-electron chi connectivity index (χ1n) is 9.87. The predicted octanol–water partition coefficient (Wildman–Crippen LogP) is 5.21. The number of aromatic amines is 1. The first-order valence-corrected chi connectivity index (χ1v) is 12.5. The van der Waals surface area contributed by atoms with Crippen molar-refractivity contribution >= 4 is 68.9 Å². The second-order valence-corrected chi connectivity index (χ2v) is 10.1. The van der Waals surface area contributed by atoms with Crippen LogP contribution >= 0.6 is 46.9 Å². The Kier molecular flexibility index (Phi) is 7.27. The minimum Gasteiger partial charge on any atom is -0.497 e. The molecule has 34 heavy (non-hydrogen) atoms. The number of amides is 1. The summed E-state index contributed by atoms with van der Waals surface area (Å²) in [5.74, 6) is 0.822. The van der Waals surface area contributed by atoms with Crippen LogP contribution in [-0.2, 0) is 4.79 Å². The zero-order valence-corrected chi connectivity index (χ0v) is 21.5. The molecule has 12 heteroatoms. The molecule has 2 aromatic carbocycles. The zero-order chi connectivity index (χ0) is 24.4. The van der Waals surface area contributed by atoms with Gasteiger partial charge in [-0.1, -0.05) is 34.7 Å². The standard InChI is InChI=1S/C22H19ClN4O4S3/c1-11-8-12(4-6-14(11)23)27-19-18(34-22(27)32)20(29)26-21(25-19)33-10-17(28)24-15-7-5-13(30-2)9-16(15)31-3/h4-9H,10H2,1-3H3,(H,24,28)(H,25,26,29). The molecule has 4 aromatic rings. The van der Waals surface area contributed by atoms with Crippen molar-refractivity contribution in [2.75, 3.05) is 25.3 Å². The molecule has 8 nitrogen and oxygen atoms in total. The van der Waals surface area contributed by atoms with Gasteiger partial charge in [0, 0.05) is 16.8 Å². The van der Waals surface area contributed by atoms with Crippen LogP contribution in [0.25, 0.3) is 16.0 Å². The Hall–Kier alpha value is -2.86. The molecule has 0 aliphatic rings. The lowest BCUT2D eigenvalue weighted by Gasteiger charge is -2.11. The number of thioether (sulfide) groups is 1. The number of hydrogen-bond donors (Lipinski definition) is 2. The van der Waals surface area contributed by atoms with Gasteiger partial charge in [0.25, 0.3) is 5.56 Å². The summed E-state index contributed by atoms with van der Waals surface area (Å²) in [4.78, 5) is 32.5. The zero-order valence-electron chi connectivity index (χ0n) is 18.3. The van der Waals surface area contributed by atoms with Crippen molar-refractivity contribution in [3.05, 3.63) is 61.3 Å². The van der Waals surface area contributed by atoms with Gasteiger partial charge in [0.15, 0.2) is 14.8 Å². The molecule has 0 atom stereocenters. The highest BCUT2D eigenvalue weighted by Gasteiger charge is 2.16. The fourth-order valence-corrected chi connectivity index (χ4v) is 5.22. The van der Waals surface area contributed by atoms with Crippen molar-refractivity contribution in [2.24, 2.45) is 0 Å². The molecule has 0 aliphatic heterocycles. The fraction of sp³-hybridized carbons (Fsp3) is 0.182. The van der Waals surface area contributed by atoms with Crippen LogP contribution in [0.3, 0.4) is 0 Å². The second kappa shape index (κ2) is 10.2. The van der Waals surface area contributed by atoms with E-state index >= 15 is 0 Å². The number of rotatable bonds is 7. The van der Waals surface area contributed by atoms with Crippen molar-refractivity contribution in [3.8, 4) is 17.2 Å². The molecule has 176 valence electrons. The van der Waals surface area contributed by atoms with Crippen LogP contribution in [0.2, 0.25) is 5.02 Å². The number of anilines is 1. The number of benzene rings is 2. The van der Waals surface area contributed by atoms with Gasteiger partial charge in [-0.05, 0) is 55.0 Å². The van der Waals surface area contributed by atoms with E-state index in [0.29, 0.717) is 41.7 Å². The number of methoxy groups -OCH3 is 2. The van der Waals surface area contributed by atoms with E-state index in [9.17, 15) is 9.59 Å². The van der Waals surface area contributed by atoms with Gasteiger partial charge in [-0.2, -0.15) is 0 Å². The number of aromatic nitrogens is 3. The number of fused-ring (bicyclic) bond motifs is 1. The Morgan fingerprint density at radius 2 is 2.06 bits per heavy atom. The number of nitrogens with zero attached hydrogens (tertiary/aromatic N) is 2. The fourth-order valence-electron chi connectivity index (χ4n) is 3.18. The quantitative estimate of drug-likeness (QED) is 0.191. The molecular formula is C22H19ClN4O4S3. The number of hydrogen-bond acceptors (Lipinski definition) is 8. The number of nitrogens with one attached hydrogen (secondary N) is 2. The monoisotopic (exact) mass is 534 g/mol. The molecule has 0 bridgehead atoms. The smallest absolute Gasteiger partial charge is 0.271 e. The first-order chi connectivity index (χ1) is 16.3. The highest BCUT2D eigenvalue weighted by atomic mass is 35.5. The van der Waals surface area contributed by atoms with Crippen LogP contribution in [0.5, 0.6) is 11.5 Å². The minimum absolute atomic E-state index is 0.0224. The van der Waals surface area contributed by atoms with Crippen molar-refractivity contribution in [1.29, 1.82) is 0 Å². The molecule has 2 aromatic heterocycles. The number of halogens is 1. The molecule has 0 unspecified atom stereocenters. The van der Waals surface area contributed by atoms with E-state index in [4.69, 9.17) is 33.3 Å². The number of aryl methyl sites for hydroxylation is 1. The average Bonchev–Trinajstić information content (AvgIpc) is 3.16.